The van der Waals surface area contributed by atoms with Crippen molar-refractivity contribution in [1.82, 2.24) is 19.5 Å². The summed E-state index contributed by atoms with van der Waals surface area (Å²) in [6.45, 7) is 0.656. The summed E-state index contributed by atoms with van der Waals surface area (Å²) >= 11 is 1.68. The molecule has 1 aliphatic rings. The topological polar surface area (TPSA) is 99.1 Å². The lowest BCUT2D eigenvalue weighted by atomic mass is 10.4. The van der Waals surface area contributed by atoms with Crippen molar-refractivity contribution in [3.63, 3.8) is 0 Å². The largest absolute Gasteiger partial charge is 0.395 e. The van der Waals surface area contributed by atoms with Gasteiger partial charge in [-0.1, -0.05) is 0 Å². The summed E-state index contributed by atoms with van der Waals surface area (Å²) in [5, 5.41) is 9.21. The van der Waals surface area contributed by atoms with Gasteiger partial charge in [0, 0.05) is 5.75 Å². The number of hydrogen-bond acceptors (Lipinski definition) is 7. The number of ether oxygens (including phenoxy) is 1. The Morgan fingerprint density at radius 2 is 2.39 bits per heavy atom. The molecule has 0 amide bonds. The highest BCUT2D eigenvalue weighted by Gasteiger charge is 2.24. The summed E-state index contributed by atoms with van der Waals surface area (Å²) < 4.78 is 7.57. The zero-order chi connectivity index (χ0) is 12.5. The molecule has 0 aliphatic carbocycles. The molecule has 2 atom stereocenters. The van der Waals surface area contributed by atoms with Gasteiger partial charge in [0.15, 0.2) is 11.5 Å². The van der Waals surface area contributed by atoms with E-state index >= 15 is 0 Å². The predicted molar refractivity (Wildman–Crippen MR) is 68.1 cm³/mol. The van der Waals surface area contributed by atoms with E-state index in [2.05, 4.69) is 15.0 Å². The maximum Gasteiger partial charge on any atom is 0.167 e. The molecule has 0 saturated carbocycles. The van der Waals surface area contributed by atoms with Crippen LogP contribution >= 0.6 is 11.8 Å². The number of rotatable bonds is 2. The van der Waals surface area contributed by atoms with E-state index in [1.165, 1.54) is 6.33 Å². The smallest absolute Gasteiger partial charge is 0.167 e. The standard InChI is InChI=1S/C10H13N5O2S/c11-9-8-10(13-4-12-9)15(5-14-8)7-3-18-6(1-16)2-17-7/h4-7,16H,1-3H2,(H2,11,12,13). The highest BCUT2D eigenvalue weighted by atomic mass is 32.2. The van der Waals surface area contributed by atoms with Crippen LogP contribution in [-0.4, -0.2) is 48.8 Å². The lowest BCUT2D eigenvalue weighted by molar-refractivity contribution is 0.0100. The highest BCUT2D eigenvalue weighted by Crippen LogP contribution is 2.28. The number of aliphatic hydroxyl groups is 1. The number of nitrogens with two attached hydrogens (primary N) is 1. The first-order chi connectivity index (χ1) is 8.79. The minimum atomic E-state index is -0.128. The Hall–Kier alpha value is -1.38. The molecule has 0 spiro atoms. The summed E-state index contributed by atoms with van der Waals surface area (Å²) in [6.07, 6.45) is 2.96. The van der Waals surface area contributed by atoms with Gasteiger partial charge < -0.3 is 15.6 Å². The molecular weight excluding hydrogens is 254 g/mol. The van der Waals surface area contributed by atoms with Crippen molar-refractivity contribution in [2.24, 2.45) is 0 Å². The van der Waals surface area contributed by atoms with Crippen LogP contribution in [0.3, 0.4) is 0 Å². The number of thioether (sulfide) groups is 1. The number of aromatic nitrogens is 4. The average Bonchev–Trinajstić information content (AvgIpc) is 2.84. The van der Waals surface area contributed by atoms with Crippen LogP contribution in [0, 0.1) is 0 Å². The molecule has 2 aromatic rings. The third-order valence-electron chi connectivity index (χ3n) is 2.85. The van der Waals surface area contributed by atoms with Gasteiger partial charge in [-0.2, -0.15) is 0 Å². The first kappa shape index (κ1) is 11.7. The maximum absolute atomic E-state index is 9.06. The Kier molecular flexibility index (Phi) is 3.06. The van der Waals surface area contributed by atoms with Gasteiger partial charge in [-0.25, -0.2) is 15.0 Å². The molecule has 0 radical (unpaired) electrons. The Labute approximate surface area is 107 Å². The predicted octanol–water partition coefficient (Wildman–Crippen LogP) is 0.0314. The van der Waals surface area contributed by atoms with Crippen LogP contribution in [0.15, 0.2) is 12.7 Å². The molecule has 1 saturated heterocycles. The second-order valence-corrected chi connectivity index (χ2v) is 5.34. The van der Waals surface area contributed by atoms with Crippen molar-refractivity contribution in [3.8, 4) is 0 Å². The van der Waals surface area contributed by atoms with Crippen LogP contribution in [0.2, 0.25) is 0 Å². The number of imidazole rings is 1. The number of anilines is 1. The molecule has 2 unspecified atom stereocenters. The quantitative estimate of drug-likeness (QED) is 0.792. The van der Waals surface area contributed by atoms with Crippen LogP contribution in [0.4, 0.5) is 5.82 Å². The van der Waals surface area contributed by atoms with Gasteiger partial charge in [-0.05, 0) is 0 Å². The Morgan fingerprint density at radius 3 is 3.11 bits per heavy atom. The summed E-state index contributed by atoms with van der Waals surface area (Å²) in [4.78, 5) is 12.3. The summed E-state index contributed by atoms with van der Waals surface area (Å²) in [5.74, 6) is 1.12. The highest BCUT2D eigenvalue weighted by molar-refractivity contribution is 8.00. The van der Waals surface area contributed by atoms with E-state index in [4.69, 9.17) is 15.6 Å². The van der Waals surface area contributed by atoms with E-state index in [9.17, 15) is 0 Å². The fourth-order valence-electron chi connectivity index (χ4n) is 1.88. The molecule has 7 nitrogen and oxygen atoms in total. The van der Waals surface area contributed by atoms with E-state index in [1.54, 1.807) is 18.1 Å². The van der Waals surface area contributed by atoms with Gasteiger partial charge in [0.05, 0.1) is 24.8 Å². The SMILES string of the molecule is Nc1ncnc2c1ncn2C1CSC(CO)CO1. The summed E-state index contributed by atoms with van der Waals surface area (Å²) in [7, 11) is 0. The molecule has 1 aliphatic heterocycles. The number of hydrogen-bond donors (Lipinski definition) is 2. The van der Waals surface area contributed by atoms with Crippen LogP contribution < -0.4 is 5.73 Å². The van der Waals surface area contributed by atoms with Crippen molar-refractivity contribution in [1.29, 1.82) is 0 Å². The first-order valence-corrected chi connectivity index (χ1v) is 6.61. The molecule has 8 heteroatoms. The van der Waals surface area contributed by atoms with Gasteiger partial charge in [-0.15, -0.1) is 11.8 Å². The van der Waals surface area contributed by atoms with E-state index in [0.717, 1.165) is 5.75 Å². The summed E-state index contributed by atoms with van der Waals surface area (Å²) in [6, 6.07) is 0. The molecule has 2 aromatic heterocycles. The van der Waals surface area contributed by atoms with Gasteiger partial charge in [0.1, 0.15) is 18.1 Å². The van der Waals surface area contributed by atoms with Crippen molar-refractivity contribution in [2.75, 3.05) is 24.7 Å². The number of fused-ring (bicyclic) bond motifs is 1. The van der Waals surface area contributed by atoms with Gasteiger partial charge in [-0.3, -0.25) is 4.57 Å². The average molecular weight is 267 g/mol. The monoisotopic (exact) mass is 267 g/mol. The van der Waals surface area contributed by atoms with E-state index < -0.39 is 0 Å². The number of nitrogens with zero attached hydrogens (tertiary/aromatic N) is 4. The molecule has 1 fully saturated rings. The molecule has 3 heterocycles. The van der Waals surface area contributed by atoms with Crippen molar-refractivity contribution in [2.45, 2.75) is 11.5 Å². The Morgan fingerprint density at radius 1 is 1.50 bits per heavy atom. The molecule has 0 aromatic carbocycles. The lowest BCUT2D eigenvalue weighted by Crippen LogP contribution is -2.29. The van der Waals surface area contributed by atoms with Crippen LogP contribution in [0.1, 0.15) is 6.23 Å². The zero-order valence-electron chi connectivity index (χ0n) is 9.56. The third-order valence-corrected chi connectivity index (χ3v) is 4.08. The minimum Gasteiger partial charge on any atom is -0.395 e. The normalized spacial score (nSPS) is 24.5. The van der Waals surface area contributed by atoms with Gasteiger partial charge in [0.2, 0.25) is 0 Å². The van der Waals surface area contributed by atoms with Crippen LogP contribution in [0.25, 0.3) is 11.2 Å². The third kappa shape index (κ3) is 1.92. The number of nitrogen functional groups attached to an aromatic ring is 1. The van der Waals surface area contributed by atoms with Crippen molar-refractivity contribution in [3.05, 3.63) is 12.7 Å². The fourth-order valence-corrected chi connectivity index (χ4v) is 2.85. The molecule has 3 N–H and O–H groups in total. The molecule has 0 bridgehead atoms. The molecule has 18 heavy (non-hydrogen) atoms. The molecule has 96 valence electrons. The van der Waals surface area contributed by atoms with Crippen LogP contribution in [0.5, 0.6) is 0 Å². The number of aliphatic hydroxyl groups excluding tert-OH is 1. The lowest BCUT2D eigenvalue weighted by Gasteiger charge is -2.28. The second kappa shape index (κ2) is 4.71. The fraction of sp³-hybridized carbons (Fsp3) is 0.500. The second-order valence-electron chi connectivity index (χ2n) is 4.01. The first-order valence-electron chi connectivity index (χ1n) is 5.56. The summed E-state index contributed by atoms with van der Waals surface area (Å²) in [5.41, 5.74) is 7.01. The molecular formula is C10H13N5O2S. The molecule has 3 rings (SSSR count). The van der Waals surface area contributed by atoms with E-state index in [0.29, 0.717) is 23.6 Å². The zero-order valence-corrected chi connectivity index (χ0v) is 10.4. The van der Waals surface area contributed by atoms with Crippen molar-refractivity contribution >= 4 is 28.7 Å². The minimum absolute atomic E-state index is 0.128. The van der Waals surface area contributed by atoms with Crippen molar-refractivity contribution < 1.29 is 9.84 Å². The van der Waals surface area contributed by atoms with E-state index in [-0.39, 0.29) is 18.1 Å². The van der Waals surface area contributed by atoms with E-state index in [1.807, 2.05) is 4.57 Å². The van der Waals surface area contributed by atoms with Crippen LogP contribution in [-0.2, 0) is 4.74 Å². The maximum atomic E-state index is 9.06. The van der Waals surface area contributed by atoms with Gasteiger partial charge in [0.25, 0.3) is 0 Å². The Balaban J connectivity index is 1.89. The van der Waals surface area contributed by atoms with Gasteiger partial charge >= 0.3 is 0 Å². The Bertz CT molecular complexity index is 552.